The van der Waals surface area contributed by atoms with Crippen LogP contribution in [0.5, 0.6) is 11.5 Å². The fourth-order valence-corrected chi connectivity index (χ4v) is 9.04. The molecule has 15 heteroatoms. The van der Waals surface area contributed by atoms with Crippen molar-refractivity contribution in [3.05, 3.63) is 116 Å². The number of carbonyl (C=O) groups excluding carboxylic acids is 1. The van der Waals surface area contributed by atoms with Crippen molar-refractivity contribution in [2.24, 2.45) is 0 Å². The molecule has 0 spiro atoms. The number of nitrogens with one attached hydrogen (secondary N) is 1. The Morgan fingerprint density at radius 3 is 2.09 bits per heavy atom. The van der Waals surface area contributed by atoms with Gasteiger partial charge in [0.25, 0.3) is 8.53 Å². The minimum Gasteiger partial charge on any atom is -0.497 e. The summed E-state index contributed by atoms with van der Waals surface area (Å²) in [6.07, 6.45) is -0.0250. The lowest BCUT2D eigenvalue weighted by molar-refractivity contribution is -0.114. The van der Waals surface area contributed by atoms with E-state index in [4.69, 9.17) is 28.0 Å². The van der Waals surface area contributed by atoms with Crippen molar-refractivity contribution < 1.29 is 32.8 Å². The average molecular weight is 898 g/mol. The first-order valence-corrected chi connectivity index (χ1v) is 20.6. The molecule has 3 aromatic carbocycles. The van der Waals surface area contributed by atoms with Gasteiger partial charge in [-0.05, 0) is 91.2 Å². The summed E-state index contributed by atoms with van der Waals surface area (Å²) in [6, 6.07) is 27.8. The molecule has 1 aliphatic heterocycles. The van der Waals surface area contributed by atoms with Crippen LogP contribution < -0.4 is 20.5 Å². The Morgan fingerprint density at radius 1 is 1.00 bits per heavy atom. The van der Waals surface area contributed by atoms with E-state index in [1.165, 1.54) is 11.5 Å². The summed E-state index contributed by atoms with van der Waals surface area (Å²) in [5.74, 6) is 1.23. The highest BCUT2D eigenvalue weighted by Crippen LogP contribution is 2.50. The van der Waals surface area contributed by atoms with Gasteiger partial charge in [0.1, 0.15) is 29.4 Å². The second-order valence-corrected chi connectivity index (χ2v) is 16.2. The van der Waals surface area contributed by atoms with Crippen molar-refractivity contribution in [3.63, 3.8) is 0 Å². The predicted octanol–water partition coefficient (Wildman–Crippen LogP) is 7.78. The number of nitriles is 1. The molecule has 4 unspecified atom stereocenters. The number of rotatable bonds is 18. The third-order valence-corrected chi connectivity index (χ3v) is 12.2. The van der Waals surface area contributed by atoms with E-state index in [2.05, 4.69) is 48.7 Å². The maximum absolute atomic E-state index is 13.5. The average Bonchev–Trinajstić information content (AvgIpc) is 3.58. The van der Waals surface area contributed by atoms with Crippen LogP contribution in [-0.4, -0.2) is 71.9 Å². The first-order chi connectivity index (χ1) is 26.9. The van der Waals surface area contributed by atoms with Crippen molar-refractivity contribution in [1.82, 2.24) is 14.2 Å². The van der Waals surface area contributed by atoms with Gasteiger partial charge in [0.15, 0.2) is 5.82 Å². The first kappa shape index (κ1) is 43.2. The van der Waals surface area contributed by atoms with Crippen molar-refractivity contribution in [1.29, 1.82) is 5.26 Å². The molecule has 1 amide bonds. The van der Waals surface area contributed by atoms with Crippen LogP contribution in [0.3, 0.4) is 0 Å². The van der Waals surface area contributed by atoms with E-state index in [1.54, 1.807) is 20.4 Å². The smallest absolute Gasteiger partial charge is 0.351 e. The Balaban J connectivity index is 1.61. The zero-order chi connectivity index (χ0) is 40.4. The van der Waals surface area contributed by atoms with Crippen molar-refractivity contribution in [2.45, 2.75) is 83.6 Å². The van der Waals surface area contributed by atoms with Crippen molar-refractivity contribution >= 4 is 42.8 Å². The summed E-state index contributed by atoms with van der Waals surface area (Å²) >= 11 is 2.03. The molecule has 298 valence electrons. The highest BCUT2D eigenvalue weighted by atomic mass is 127. The third-order valence-electron chi connectivity index (χ3n) is 9.22. The zero-order valence-corrected chi connectivity index (χ0v) is 35.7. The fraction of sp³-hybridized carbons (Fsp3) is 0.415. The van der Waals surface area contributed by atoms with Gasteiger partial charge < -0.3 is 33.3 Å². The van der Waals surface area contributed by atoms with Gasteiger partial charge in [0.05, 0.1) is 49.6 Å². The van der Waals surface area contributed by atoms with E-state index >= 15 is 0 Å². The summed E-state index contributed by atoms with van der Waals surface area (Å²) < 4.78 is 42.4. The largest absolute Gasteiger partial charge is 0.497 e. The maximum atomic E-state index is 13.5. The topological polar surface area (TPSA) is 146 Å². The van der Waals surface area contributed by atoms with Crippen LogP contribution in [0, 0.1) is 14.9 Å². The summed E-state index contributed by atoms with van der Waals surface area (Å²) in [7, 11) is 1.57. The van der Waals surface area contributed by atoms with Crippen molar-refractivity contribution in [2.75, 3.05) is 32.8 Å². The van der Waals surface area contributed by atoms with Crippen LogP contribution in [0.1, 0.15) is 70.4 Å². The monoisotopic (exact) mass is 897 g/mol. The summed E-state index contributed by atoms with van der Waals surface area (Å²) in [5, 5.41) is 12.0. The number of ether oxygens (including phenoxy) is 4. The third kappa shape index (κ3) is 10.1. The lowest BCUT2D eigenvalue weighted by atomic mass is 9.80. The van der Waals surface area contributed by atoms with Crippen LogP contribution in [0.2, 0.25) is 0 Å². The van der Waals surface area contributed by atoms with E-state index in [-0.39, 0.29) is 49.9 Å². The predicted molar refractivity (Wildman–Crippen MR) is 222 cm³/mol. The Labute approximate surface area is 343 Å². The minimum atomic E-state index is -1.68. The molecule has 0 saturated carbocycles. The van der Waals surface area contributed by atoms with Gasteiger partial charge in [-0.3, -0.25) is 9.36 Å². The van der Waals surface area contributed by atoms with Gasteiger partial charge in [-0.1, -0.05) is 54.6 Å². The van der Waals surface area contributed by atoms with E-state index < -0.39 is 38.3 Å². The molecule has 1 aliphatic rings. The summed E-state index contributed by atoms with van der Waals surface area (Å²) in [5.41, 5.74) is 0.832. The Kier molecular flexibility index (Phi) is 15.4. The van der Waals surface area contributed by atoms with Crippen LogP contribution in [-0.2, 0) is 28.9 Å². The number of anilines is 1. The molecular weight excluding hydrogens is 848 g/mol. The second-order valence-electron chi connectivity index (χ2n) is 13.7. The second kappa shape index (κ2) is 20.0. The van der Waals surface area contributed by atoms with Crippen LogP contribution in [0.4, 0.5) is 5.82 Å². The molecule has 13 nitrogen and oxygen atoms in total. The number of halogens is 1. The summed E-state index contributed by atoms with van der Waals surface area (Å²) in [6.45, 7) is 9.87. The highest BCUT2D eigenvalue weighted by molar-refractivity contribution is 14.1. The van der Waals surface area contributed by atoms with Crippen molar-refractivity contribution in [3.8, 4) is 17.6 Å². The van der Waals surface area contributed by atoms with Crippen LogP contribution >= 0.6 is 31.1 Å². The molecule has 0 radical (unpaired) electrons. The standard InChI is InChI=1S/C41H49IN5O8P/c1-27(2)47(28(3)4)56(53-23-11-22-43)55-36-24-38(46-25-35(42)39(44-29(5)48)45-40(46)49)54-37(36)26-52-41(30-12-9-8-10-13-30,31-14-18-33(50-6)19-15-31)32-16-20-34(51-7)21-17-32/h8-10,12-21,25,27-28,36-38H,11,23-24,26H2,1-7H3,(H,44,45,48,49). The fourth-order valence-electron chi connectivity index (χ4n) is 6.73. The lowest BCUT2D eigenvalue weighted by Gasteiger charge is -2.39. The number of hydrogen-bond donors (Lipinski definition) is 1. The van der Waals surface area contributed by atoms with Gasteiger partial charge in [0, 0.05) is 31.6 Å². The normalized spacial score (nSPS) is 17.6. The number of carbonyl (C=O) groups is 1. The molecule has 5 rings (SSSR count). The Hall–Kier alpha value is -3.94. The zero-order valence-electron chi connectivity index (χ0n) is 32.7. The number of benzene rings is 3. The van der Waals surface area contributed by atoms with Crippen LogP contribution in [0.15, 0.2) is 89.9 Å². The molecular formula is C41H49IN5O8P. The molecule has 56 heavy (non-hydrogen) atoms. The molecule has 4 aromatic rings. The molecule has 1 saturated heterocycles. The highest BCUT2D eigenvalue weighted by Gasteiger charge is 2.45. The number of amides is 1. The molecule has 0 bridgehead atoms. The Bertz CT molecular complexity index is 1940. The SMILES string of the molecule is COc1ccc(C(OCC2OC(n3cc(I)c(NC(C)=O)nc3=O)CC2OP(OCCC#N)N(C(C)C)C(C)C)(c2ccccc2)c2ccc(OC)cc2)cc1. The molecule has 2 heterocycles. The maximum Gasteiger partial charge on any atom is 0.351 e. The minimum absolute atomic E-state index is 0.0299. The number of aromatic nitrogens is 2. The van der Waals surface area contributed by atoms with E-state index in [9.17, 15) is 14.9 Å². The lowest BCUT2D eigenvalue weighted by Crippen LogP contribution is -2.39. The van der Waals surface area contributed by atoms with E-state index in [1.807, 2.05) is 101 Å². The molecule has 1 fully saturated rings. The molecule has 4 atom stereocenters. The quantitative estimate of drug-likeness (QED) is 0.0452. The molecule has 0 aliphatic carbocycles. The van der Waals surface area contributed by atoms with Gasteiger partial charge in [-0.25, -0.2) is 9.46 Å². The number of methoxy groups -OCH3 is 2. The molecule has 1 aromatic heterocycles. The number of nitrogens with zero attached hydrogens (tertiary/aromatic N) is 4. The number of hydrogen-bond acceptors (Lipinski definition) is 11. The molecule has 1 N–H and O–H groups in total. The van der Waals surface area contributed by atoms with E-state index in [0.29, 0.717) is 15.1 Å². The Morgan fingerprint density at radius 2 is 1.57 bits per heavy atom. The van der Waals surface area contributed by atoms with Gasteiger partial charge in [-0.2, -0.15) is 10.2 Å². The first-order valence-electron chi connectivity index (χ1n) is 18.4. The van der Waals surface area contributed by atoms with Gasteiger partial charge >= 0.3 is 5.69 Å². The van der Waals surface area contributed by atoms with E-state index in [0.717, 1.165) is 16.7 Å². The van der Waals surface area contributed by atoms with Crippen LogP contribution in [0.25, 0.3) is 0 Å². The van der Waals surface area contributed by atoms with Gasteiger partial charge in [0.2, 0.25) is 5.91 Å². The van der Waals surface area contributed by atoms with Gasteiger partial charge in [-0.15, -0.1) is 0 Å². The summed E-state index contributed by atoms with van der Waals surface area (Å²) in [4.78, 5) is 29.5.